The predicted molar refractivity (Wildman–Crippen MR) is 222 cm³/mol. The van der Waals surface area contributed by atoms with Crippen molar-refractivity contribution in [1.29, 1.82) is 0 Å². The molecule has 2 aromatic rings. The average Bonchev–Trinajstić information content (AvgIpc) is 3.17. The zero-order valence-electron chi connectivity index (χ0n) is 33.7. The van der Waals surface area contributed by atoms with E-state index in [2.05, 4.69) is 6.92 Å². The number of halogens is 5. The molecular weight excluding hydrogens is 800 g/mol. The maximum Gasteiger partial charge on any atom is 0.453 e. The molecule has 0 bridgehead atoms. The molecule has 0 aliphatic carbocycles. The lowest BCUT2D eigenvalue weighted by atomic mass is 9.68. The first-order chi connectivity index (χ1) is 27.5. The topological polar surface area (TPSA) is 174 Å². The van der Waals surface area contributed by atoms with Gasteiger partial charge in [-0.2, -0.15) is 22.0 Å². The molecule has 58 heavy (non-hydrogen) atoms. The third-order valence-electron chi connectivity index (χ3n) is 10.8. The van der Waals surface area contributed by atoms with E-state index in [1.54, 1.807) is 11.8 Å². The van der Waals surface area contributed by atoms with E-state index in [1.807, 2.05) is 42.5 Å². The minimum absolute atomic E-state index is 0.127. The first kappa shape index (κ1) is 49.7. The lowest BCUT2D eigenvalue weighted by molar-refractivity contribution is -0.284. The van der Waals surface area contributed by atoms with Gasteiger partial charge in [0.05, 0.1) is 0 Å². The van der Waals surface area contributed by atoms with Gasteiger partial charge in [-0.05, 0) is 99.3 Å². The summed E-state index contributed by atoms with van der Waals surface area (Å²) < 4.78 is 86.7. The van der Waals surface area contributed by atoms with Crippen LogP contribution in [0.15, 0.2) is 47.4 Å². The van der Waals surface area contributed by atoms with E-state index in [4.69, 9.17) is 32.4 Å². The van der Waals surface area contributed by atoms with Crippen LogP contribution in [0.5, 0.6) is 11.5 Å². The summed E-state index contributed by atoms with van der Waals surface area (Å²) in [5, 5.41) is 0. The van der Waals surface area contributed by atoms with Gasteiger partial charge < -0.3 is 32.4 Å². The normalized spacial score (nSPS) is 18.6. The zero-order valence-corrected chi connectivity index (χ0v) is 35.3. The lowest BCUT2D eigenvalue weighted by Crippen LogP contribution is -2.36. The Morgan fingerprint density at radius 3 is 1.84 bits per heavy atom. The number of ether oxygens (including phenoxy) is 2. The van der Waals surface area contributed by atoms with Crippen molar-refractivity contribution in [3.05, 3.63) is 53.6 Å². The third-order valence-corrected chi connectivity index (χ3v) is 13.7. The van der Waals surface area contributed by atoms with Crippen molar-refractivity contribution in [2.24, 2.45) is 22.9 Å². The summed E-state index contributed by atoms with van der Waals surface area (Å²) in [4.78, 5) is 26.4. The fourth-order valence-corrected chi connectivity index (χ4v) is 9.75. The number of benzene rings is 2. The van der Waals surface area contributed by atoms with Crippen LogP contribution in [0.2, 0.25) is 0 Å². The van der Waals surface area contributed by atoms with Gasteiger partial charge in [0, 0.05) is 44.8 Å². The highest BCUT2D eigenvalue weighted by atomic mass is 32.2. The standard InChI is InChI=1S/C42H63F5N4O5S2/c1-40(30-17-19-31(20-18-30)55-38(52)35(50)15-8-10-24-48)29-57-37-28-32(56-39(53)36(51)16-9-11-25-49)21-22-33(37)34(40)14-7-5-3-2-4-6-12-26-58(54)27-13-23-41(43,44)42(45,46)47/h17-22,28,34-36H,2-16,23-27,29,48-51H2,1H3. The highest BCUT2D eigenvalue weighted by Gasteiger charge is 2.56. The van der Waals surface area contributed by atoms with E-state index in [1.165, 1.54) is 5.56 Å². The summed E-state index contributed by atoms with van der Waals surface area (Å²) in [6.45, 7) is 3.33. The van der Waals surface area contributed by atoms with E-state index < -0.39 is 59.8 Å². The highest BCUT2D eigenvalue weighted by molar-refractivity contribution is 7.99. The molecule has 0 aromatic heterocycles. The first-order valence-corrected chi connectivity index (χ1v) is 23.0. The summed E-state index contributed by atoms with van der Waals surface area (Å²) in [5.41, 5.74) is 25.3. The van der Waals surface area contributed by atoms with E-state index in [0.717, 1.165) is 86.8 Å². The molecule has 0 saturated heterocycles. The zero-order chi connectivity index (χ0) is 42.8. The molecule has 9 nitrogen and oxygen atoms in total. The minimum Gasteiger partial charge on any atom is -0.425 e. The van der Waals surface area contributed by atoms with Crippen molar-refractivity contribution in [1.82, 2.24) is 0 Å². The number of carbonyl (C=O) groups is 2. The Labute approximate surface area is 347 Å². The molecule has 3 rings (SSSR count). The highest BCUT2D eigenvalue weighted by Crippen LogP contribution is 2.53. The van der Waals surface area contributed by atoms with Gasteiger partial charge in [-0.3, -0.25) is 4.21 Å². The number of thioether (sulfide) groups is 1. The van der Waals surface area contributed by atoms with Crippen molar-refractivity contribution >= 4 is 34.5 Å². The number of fused-ring (bicyclic) bond motifs is 1. The fourth-order valence-electron chi connectivity index (χ4n) is 7.16. The molecule has 0 amide bonds. The molecule has 0 fully saturated rings. The van der Waals surface area contributed by atoms with Crippen molar-refractivity contribution in [3.8, 4) is 11.5 Å². The summed E-state index contributed by atoms with van der Waals surface area (Å²) >= 11 is 1.70. The van der Waals surface area contributed by atoms with Crippen molar-refractivity contribution in [2.45, 2.75) is 150 Å². The van der Waals surface area contributed by atoms with Gasteiger partial charge in [-0.1, -0.05) is 76.5 Å². The number of carbonyl (C=O) groups excluding carboxylic acids is 2. The average molecular weight is 863 g/mol. The molecule has 5 atom stereocenters. The predicted octanol–water partition coefficient (Wildman–Crippen LogP) is 8.40. The largest absolute Gasteiger partial charge is 0.453 e. The first-order valence-electron chi connectivity index (χ1n) is 20.5. The van der Waals surface area contributed by atoms with Gasteiger partial charge in [0.15, 0.2) is 0 Å². The van der Waals surface area contributed by atoms with Gasteiger partial charge in [0.2, 0.25) is 0 Å². The van der Waals surface area contributed by atoms with Gasteiger partial charge in [0.1, 0.15) is 23.6 Å². The fraction of sp³-hybridized carbons (Fsp3) is 0.667. The third kappa shape index (κ3) is 15.8. The van der Waals surface area contributed by atoms with Crippen LogP contribution in [-0.2, 0) is 25.8 Å². The van der Waals surface area contributed by atoms with Crippen LogP contribution in [0, 0.1) is 0 Å². The summed E-state index contributed by atoms with van der Waals surface area (Å²) in [5.74, 6) is -3.80. The Morgan fingerprint density at radius 2 is 1.28 bits per heavy atom. The maximum absolute atomic E-state index is 13.1. The molecule has 16 heteroatoms. The molecule has 8 N–H and O–H groups in total. The SMILES string of the molecule is CC1(c2ccc(OC(=O)C(N)CCCCN)cc2)CSc2cc(OC(=O)C(N)CCCCN)ccc2C1CCCCCCCCCS(=O)CCCC(F)(F)C(F)(F)F. The maximum atomic E-state index is 13.1. The molecular formula is C42H63F5N4O5S2. The molecule has 2 aromatic carbocycles. The van der Waals surface area contributed by atoms with Crippen LogP contribution < -0.4 is 32.4 Å². The Hall–Kier alpha value is -2.63. The molecule has 0 spiro atoms. The van der Waals surface area contributed by atoms with E-state index >= 15 is 0 Å². The number of hydrogen-bond donors (Lipinski definition) is 4. The summed E-state index contributed by atoms with van der Waals surface area (Å²) in [6.07, 6.45) is 3.88. The molecule has 0 saturated carbocycles. The number of rotatable bonds is 27. The van der Waals surface area contributed by atoms with Gasteiger partial charge in [0.25, 0.3) is 0 Å². The van der Waals surface area contributed by atoms with Gasteiger partial charge in [-0.15, -0.1) is 11.8 Å². The van der Waals surface area contributed by atoms with E-state index in [-0.39, 0.29) is 17.1 Å². The Kier molecular flexibility index (Phi) is 21.1. The van der Waals surface area contributed by atoms with Gasteiger partial charge >= 0.3 is 24.0 Å². The lowest BCUT2D eigenvalue weighted by Gasteiger charge is -2.43. The van der Waals surface area contributed by atoms with Crippen LogP contribution in [0.3, 0.4) is 0 Å². The molecule has 1 aliphatic rings. The van der Waals surface area contributed by atoms with Crippen molar-refractivity contribution in [3.63, 3.8) is 0 Å². The van der Waals surface area contributed by atoms with Crippen LogP contribution >= 0.6 is 11.8 Å². The number of nitrogens with two attached hydrogens (primary N) is 4. The Balaban J connectivity index is 1.60. The Morgan fingerprint density at radius 1 is 0.759 bits per heavy atom. The number of hydrogen-bond acceptors (Lipinski definition) is 10. The van der Waals surface area contributed by atoms with Gasteiger partial charge in [-0.25, -0.2) is 9.59 Å². The van der Waals surface area contributed by atoms with Crippen LogP contribution in [0.4, 0.5) is 22.0 Å². The van der Waals surface area contributed by atoms with Crippen LogP contribution in [0.25, 0.3) is 0 Å². The van der Waals surface area contributed by atoms with Crippen LogP contribution in [-0.4, -0.2) is 70.7 Å². The number of unbranched alkanes of at least 4 members (excludes halogenated alkanes) is 8. The van der Waals surface area contributed by atoms with E-state index in [0.29, 0.717) is 49.6 Å². The quantitative estimate of drug-likeness (QED) is 0.0296. The smallest absolute Gasteiger partial charge is 0.425 e. The molecule has 1 aliphatic heterocycles. The molecule has 0 radical (unpaired) electrons. The monoisotopic (exact) mass is 862 g/mol. The number of esters is 2. The minimum atomic E-state index is -5.58. The molecule has 5 unspecified atom stereocenters. The van der Waals surface area contributed by atoms with Crippen molar-refractivity contribution < 1.29 is 45.2 Å². The second-order valence-electron chi connectivity index (χ2n) is 15.5. The second kappa shape index (κ2) is 24.6. The van der Waals surface area contributed by atoms with Crippen LogP contribution in [0.1, 0.15) is 127 Å². The Bertz CT molecular complexity index is 1590. The summed E-state index contributed by atoms with van der Waals surface area (Å²) in [7, 11) is -1.42. The van der Waals surface area contributed by atoms with E-state index in [9.17, 15) is 35.8 Å². The molecule has 1 heterocycles. The number of alkyl halides is 5. The molecule has 328 valence electrons. The second-order valence-corrected chi connectivity index (χ2v) is 18.2. The summed E-state index contributed by atoms with van der Waals surface area (Å²) in [6, 6.07) is 12.0. The van der Waals surface area contributed by atoms with Crippen molar-refractivity contribution in [2.75, 3.05) is 30.3 Å².